The van der Waals surface area contributed by atoms with Crippen molar-refractivity contribution in [2.24, 2.45) is 4.99 Å². The minimum absolute atomic E-state index is 0.242. The van der Waals surface area contributed by atoms with Crippen molar-refractivity contribution in [2.75, 3.05) is 7.05 Å². The second-order valence-corrected chi connectivity index (χ2v) is 6.17. The maximum absolute atomic E-state index is 13.2. The Morgan fingerprint density at radius 1 is 1.21 bits per heavy atom. The molecule has 0 saturated heterocycles. The van der Waals surface area contributed by atoms with Gasteiger partial charge in [-0.25, -0.2) is 9.37 Å². The number of benzene rings is 1. The van der Waals surface area contributed by atoms with Crippen LogP contribution in [0.2, 0.25) is 0 Å². The fourth-order valence-corrected chi connectivity index (χ4v) is 2.68. The lowest BCUT2D eigenvalue weighted by Crippen LogP contribution is -2.36. The topological polar surface area (TPSA) is 53.7 Å². The molecule has 0 aliphatic heterocycles. The Kier molecular flexibility index (Phi) is 5.10. The number of aromatic nitrogens is 2. The zero-order valence-corrected chi connectivity index (χ0v) is 14.7. The average molecular weight is 390 g/mol. The van der Waals surface area contributed by atoms with Gasteiger partial charge in [0.05, 0.1) is 12.2 Å². The highest BCUT2D eigenvalue weighted by Gasteiger charge is 2.04. The first kappa shape index (κ1) is 16.4. The van der Waals surface area contributed by atoms with E-state index in [0.29, 0.717) is 19.0 Å². The summed E-state index contributed by atoms with van der Waals surface area (Å²) in [6, 6.07) is 10.4. The fourth-order valence-electron chi connectivity index (χ4n) is 2.33. The third-order valence-corrected chi connectivity index (χ3v) is 3.94. The Morgan fingerprint density at radius 3 is 2.83 bits per heavy atom. The molecule has 0 saturated carbocycles. The first-order chi connectivity index (χ1) is 11.6. The second-order valence-electron chi connectivity index (χ2n) is 5.25. The van der Waals surface area contributed by atoms with E-state index in [9.17, 15) is 4.39 Å². The number of nitrogens with zero attached hydrogens (tertiary/aromatic N) is 3. The average Bonchev–Trinajstić information content (AvgIpc) is 2.97. The first-order valence-electron chi connectivity index (χ1n) is 7.46. The lowest BCUT2D eigenvalue weighted by molar-refractivity contribution is 0.624. The van der Waals surface area contributed by atoms with Crippen LogP contribution in [0.5, 0.6) is 0 Å². The van der Waals surface area contributed by atoms with Gasteiger partial charge in [-0.15, -0.1) is 0 Å². The number of imidazole rings is 1. The molecule has 2 aromatic heterocycles. The summed E-state index contributed by atoms with van der Waals surface area (Å²) in [5.74, 6) is 0.394. The third kappa shape index (κ3) is 4.11. The largest absolute Gasteiger partial charge is 0.352 e. The normalized spacial score (nSPS) is 11.7. The molecule has 0 fully saturated rings. The van der Waals surface area contributed by atoms with Gasteiger partial charge >= 0.3 is 0 Å². The number of hydrogen-bond acceptors (Lipinski definition) is 2. The molecule has 0 radical (unpaired) electrons. The maximum atomic E-state index is 13.2. The summed E-state index contributed by atoms with van der Waals surface area (Å²) in [4.78, 5) is 8.70. The molecule has 0 spiro atoms. The Morgan fingerprint density at radius 2 is 2.04 bits per heavy atom. The van der Waals surface area contributed by atoms with Crippen LogP contribution in [0.25, 0.3) is 5.65 Å². The highest BCUT2D eigenvalue weighted by Crippen LogP contribution is 2.12. The third-order valence-electron chi connectivity index (χ3n) is 3.47. The van der Waals surface area contributed by atoms with Gasteiger partial charge < -0.3 is 15.0 Å². The van der Waals surface area contributed by atoms with Gasteiger partial charge in [-0.05, 0) is 45.8 Å². The number of guanidine groups is 1. The summed E-state index contributed by atoms with van der Waals surface area (Å²) >= 11 is 3.44. The number of pyridine rings is 1. The Hall–Kier alpha value is -2.41. The molecular formula is C17H17BrFN5. The molecule has 0 unspecified atom stereocenters. The monoisotopic (exact) mass is 389 g/mol. The van der Waals surface area contributed by atoms with Crippen molar-refractivity contribution in [3.63, 3.8) is 0 Å². The summed E-state index contributed by atoms with van der Waals surface area (Å²) in [6.07, 6.45) is 3.93. The van der Waals surface area contributed by atoms with Crippen molar-refractivity contribution < 1.29 is 4.39 Å². The van der Waals surface area contributed by atoms with Crippen LogP contribution in [0.3, 0.4) is 0 Å². The molecule has 124 valence electrons. The molecule has 24 heavy (non-hydrogen) atoms. The van der Waals surface area contributed by atoms with Gasteiger partial charge in [0.25, 0.3) is 0 Å². The number of fused-ring (bicyclic) bond motifs is 1. The van der Waals surface area contributed by atoms with Gasteiger partial charge in [0.15, 0.2) is 5.96 Å². The zero-order valence-electron chi connectivity index (χ0n) is 13.1. The van der Waals surface area contributed by atoms with E-state index >= 15 is 0 Å². The van der Waals surface area contributed by atoms with Crippen LogP contribution in [0.15, 0.2) is 58.3 Å². The Labute approximate surface area is 147 Å². The molecule has 5 nitrogen and oxygen atoms in total. The molecule has 0 aliphatic carbocycles. The van der Waals surface area contributed by atoms with E-state index in [4.69, 9.17) is 0 Å². The summed E-state index contributed by atoms with van der Waals surface area (Å²) in [5.41, 5.74) is 2.65. The number of halogens is 2. The molecule has 0 atom stereocenters. The Balaban J connectivity index is 1.59. The maximum Gasteiger partial charge on any atom is 0.191 e. The van der Waals surface area contributed by atoms with Crippen molar-refractivity contribution in [3.05, 3.63) is 70.3 Å². The van der Waals surface area contributed by atoms with Crippen LogP contribution >= 0.6 is 15.9 Å². The van der Waals surface area contributed by atoms with E-state index in [0.717, 1.165) is 21.4 Å². The van der Waals surface area contributed by atoms with Crippen LogP contribution in [0, 0.1) is 5.82 Å². The molecule has 2 N–H and O–H groups in total. The number of nitrogens with one attached hydrogen (secondary N) is 2. The predicted octanol–water partition coefficient (Wildman–Crippen LogP) is 3.10. The molecule has 0 bridgehead atoms. The number of hydrogen-bond donors (Lipinski definition) is 2. The summed E-state index contributed by atoms with van der Waals surface area (Å²) < 4.78 is 16.1. The molecule has 2 heterocycles. The van der Waals surface area contributed by atoms with Crippen molar-refractivity contribution in [1.82, 2.24) is 20.0 Å². The number of rotatable bonds is 4. The van der Waals surface area contributed by atoms with Crippen molar-refractivity contribution in [1.29, 1.82) is 0 Å². The van der Waals surface area contributed by atoms with Crippen LogP contribution in [0.4, 0.5) is 4.39 Å². The van der Waals surface area contributed by atoms with Gasteiger partial charge in [-0.2, -0.15) is 0 Å². The van der Waals surface area contributed by atoms with Crippen molar-refractivity contribution in [2.45, 2.75) is 13.1 Å². The van der Waals surface area contributed by atoms with E-state index < -0.39 is 0 Å². The van der Waals surface area contributed by atoms with E-state index in [1.807, 2.05) is 35.0 Å². The molecular weight excluding hydrogens is 373 g/mol. The zero-order chi connectivity index (χ0) is 16.9. The second kappa shape index (κ2) is 7.44. The lowest BCUT2D eigenvalue weighted by atomic mass is 10.2. The molecule has 0 amide bonds. The molecule has 7 heteroatoms. The van der Waals surface area contributed by atoms with Gasteiger partial charge in [0.1, 0.15) is 11.5 Å². The van der Waals surface area contributed by atoms with E-state index in [-0.39, 0.29) is 5.82 Å². The predicted molar refractivity (Wildman–Crippen MR) is 96.3 cm³/mol. The van der Waals surface area contributed by atoms with Crippen molar-refractivity contribution in [3.8, 4) is 0 Å². The van der Waals surface area contributed by atoms with Gasteiger partial charge in [0.2, 0.25) is 0 Å². The number of aliphatic imine (C=N–C) groups is 1. The fraction of sp³-hybridized carbons (Fsp3) is 0.176. The lowest BCUT2D eigenvalue weighted by Gasteiger charge is -2.11. The highest BCUT2D eigenvalue weighted by atomic mass is 79.9. The van der Waals surface area contributed by atoms with Gasteiger partial charge in [-0.3, -0.25) is 4.99 Å². The van der Waals surface area contributed by atoms with E-state index in [1.54, 1.807) is 13.1 Å². The summed E-state index contributed by atoms with van der Waals surface area (Å²) in [5, 5.41) is 6.36. The Bertz CT molecular complexity index is 874. The minimum Gasteiger partial charge on any atom is -0.352 e. The van der Waals surface area contributed by atoms with Crippen LogP contribution in [-0.4, -0.2) is 22.4 Å². The minimum atomic E-state index is -0.242. The van der Waals surface area contributed by atoms with Crippen LogP contribution in [0.1, 0.15) is 11.3 Å². The quantitative estimate of drug-likeness (QED) is 0.532. The molecule has 0 aliphatic rings. The first-order valence-corrected chi connectivity index (χ1v) is 8.25. The SMILES string of the molecule is CN=C(NCc1cccc(F)c1)NCc1cn2cc(Br)ccc2n1. The van der Waals surface area contributed by atoms with Crippen molar-refractivity contribution >= 4 is 27.5 Å². The molecule has 3 rings (SSSR count). The van der Waals surface area contributed by atoms with E-state index in [2.05, 4.69) is 36.5 Å². The summed E-state index contributed by atoms with van der Waals surface area (Å²) in [6.45, 7) is 1.04. The van der Waals surface area contributed by atoms with Crippen LogP contribution < -0.4 is 10.6 Å². The standard InChI is InChI=1S/C17H17BrFN5/c1-20-17(21-8-12-3-2-4-14(19)7-12)22-9-15-11-24-10-13(18)5-6-16(24)23-15/h2-7,10-11H,8-9H2,1H3,(H2,20,21,22). The molecule has 1 aromatic carbocycles. The highest BCUT2D eigenvalue weighted by molar-refractivity contribution is 9.10. The molecule has 3 aromatic rings. The van der Waals surface area contributed by atoms with E-state index in [1.165, 1.54) is 12.1 Å². The van der Waals surface area contributed by atoms with Crippen LogP contribution in [-0.2, 0) is 13.1 Å². The van der Waals surface area contributed by atoms with Gasteiger partial charge in [-0.1, -0.05) is 12.1 Å². The smallest absolute Gasteiger partial charge is 0.191 e. The summed E-state index contributed by atoms with van der Waals surface area (Å²) in [7, 11) is 1.70. The van der Waals surface area contributed by atoms with Gasteiger partial charge in [0, 0.05) is 30.5 Å².